The van der Waals surface area contributed by atoms with Crippen molar-refractivity contribution in [1.29, 1.82) is 0 Å². The zero-order valence-electron chi connectivity index (χ0n) is 16.8. The van der Waals surface area contributed by atoms with Crippen LogP contribution in [0, 0.1) is 0 Å². The van der Waals surface area contributed by atoms with Crippen LogP contribution >= 0.6 is 0 Å². The topological polar surface area (TPSA) is 56.5 Å². The van der Waals surface area contributed by atoms with Gasteiger partial charge in [-0.25, -0.2) is 4.79 Å². The Morgan fingerprint density at radius 3 is 2.40 bits per heavy atom. The minimum atomic E-state index is -0.635. The molecule has 0 N–H and O–H groups in total. The fraction of sp³-hybridized carbons (Fsp3) is 0.231. The van der Waals surface area contributed by atoms with Gasteiger partial charge >= 0.3 is 5.63 Å². The molecule has 0 fully saturated rings. The number of ether oxygens (including phenoxy) is 1. The molecule has 3 aromatic carbocycles. The number of benzene rings is 3. The number of rotatable bonds is 4. The summed E-state index contributed by atoms with van der Waals surface area (Å²) in [6.45, 7) is 1.76. The molecule has 0 radical (unpaired) electrons. The molecule has 5 rings (SSSR count). The molecule has 0 bridgehead atoms. The molecular weight excluding hydrogens is 376 g/mol. The Morgan fingerprint density at radius 2 is 1.60 bits per heavy atom. The molecule has 1 unspecified atom stereocenters. The molecule has 0 spiro atoms. The highest BCUT2D eigenvalue weighted by molar-refractivity contribution is 6.07. The monoisotopic (exact) mass is 398 g/mol. The molecule has 1 aliphatic rings. The third kappa shape index (κ3) is 3.09. The number of hydrogen-bond acceptors (Lipinski definition) is 4. The van der Waals surface area contributed by atoms with Crippen LogP contribution in [-0.2, 0) is 12.8 Å². The summed E-state index contributed by atoms with van der Waals surface area (Å²) >= 11 is 0. The summed E-state index contributed by atoms with van der Waals surface area (Å²) in [4.78, 5) is 25.3. The van der Waals surface area contributed by atoms with Gasteiger partial charge in [0.05, 0.1) is 0 Å². The molecule has 30 heavy (non-hydrogen) atoms. The average Bonchev–Trinajstić information content (AvgIpc) is 2.79. The van der Waals surface area contributed by atoms with Crippen molar-refractivity contribution in [2.24, 2.45) is 0 Å². The number of fused-ring (bicyclic) bond motifs is 5. The lowest BCUT2D eigenvalue weighted by Gasteiger charge is -2.18. The lowest BCUT2D eigenvalue weighted by Crippen LogP contribution is -2.23. The van der Waals surface area contributed by atoms with Crippen molar-refractivity contribution >= 4 is 27.5 Å². The van der Waals surface area contributed by atoms with Crippen LogP contribution in [0.25, 0.3) is 21.7 Å². The SMILES string of the molecule is CC(Oc1cccc2c1ccc1c3c(c(=O)oc12)CCCC3)C(=O)c1ccccc1. The van der Waals surface area contributed by atoms with Gasteiger partial charge in [-0.15, -0.1) is 0 Å². The van der Waals surface area contributed by atoms with E-state index < -0.39 is 6.10 Å². The van der Waals surface area contributed by atoms with Crippen molar-refractivity contribution in [3.05, 3.63) is 87.8 Å². The van der Waals surface area contributed by atoms with E-state index in [0.717, 1.165) is 53.0 Å². The Labute approximate surface area is 174 Å². The van der Waals surface area contributed by atoms with Crippen LogP contribution in [0.1, 0.15) is 41.3 Å². The van der Waals surface area contributed by atoms with Crippen LogP contribution in [0.2, 0.25) is 0 Å². The molecular formula is C26H22O4. The smallest absolute Gasteiger partial charge is 0.339 e. The standard InChI is InChI=1S/C26H22O4/c1-16(24(27)17-8-3-2-4-9-17)29-23-13-7-12-20-19(23)14-15-21-18-10-5-6-11-22(18)26(28)30-25(20)21/h2-4,7-9,12-16H,5-6,10-11H2,1H3. The van der Waals surface area contributed by atoms with Crippen LogP contribution in [0.5, 0.6) is 5.75 Å². The Kier molecular flexibility index (Phi) is 4.62. The van der Waals surface area contributed by atoms with E-state index in [2.05, 4.69) is 0 Å². The number of carbonyl (C=O) groups is 1. The largest absolute Gasteiger partial charge is 0.482 e. The van der Waals surface area contributed by atoms with Gasteiger partial charge in [0.1, 0.15) is 11.3 Å². The normalized spacial score (nSPS) is 14.4. The first kappa shape index (κ1) is 18.6. The van der Waals surface area contributed by atoms with Crippen LogP contribution in [0.4, 0.5) is 0 Å². The van der Waals surface area contributed by atoms with E-state index >= 15 is 0 Å². The second-order valence-electron chi connectivity index (χ2n) is 7.84. The first-order valence-corrected chi connectivity index (χ1v) is 10.4. The highest BCUT2D eigenvalue weighted by Crippen LogP contribution is 2.35. The maximum absolute atomic E-state index is 12.7. The van der Waals surface area contributed by atoms with Crippen LogP contribution in [0.3, 0.4) is 0 Å². The summed E-state index contributed by atoms with van der Waals surface area (Å²) < 4.78 is 11.8. The average molecular weight is 398 g/mol. The van der Waals surface area contributed by atoms with E-state index in [9.17, 15) is 9.59 Å². The van der Waals surface area contributed by atoms with Crippen molar-refractivity contribution in [2.45, 2.75) is 38.7 Å². The van der Waals surface area contributed by atoms with Crippen molar-refractivity contribution in [3.8, 4) is 5.75 Å². The third-order valence-corrected chi connectivity index (χ3v) is 5.94. The maximum atomic E-state index is 12.7. The van der Waals surface area contributed by atoms with E-state index in [1.807, 2.05) is 48.5 Å². The maximum Gasteiger partial charge on any atom is 0.339 e. The fourth-order valence-electron chi connectivity index (χ4n) is 4.41. The highest BCUT2D eigenvalue weighted by Gasteiger charge is 2.21. The summed E-state index contributed by atoms with van der Waals surface area (Å²) in [5.41, 5.74) is 2.93. The summed E-state index contributed by atoms with van der Waals surface area (Å²) in [5, 5.41) is 2.66. The Bertz CT molecular complexity index is 1320. The molecule has 4 heteroatoms. The molecule has 150 valence electrons. The number of Topliss-reactive ketones (excluding diaryl/α,β-unsaturated/α-hetero) is 1. The van der Waals surface area contributed by atoms with Gasteiger partial charge in [-0.2, -0.15) is 0 Å². The zero-order chi connectivity index (χ0) is 20.7. The fourth-order valence-corrected chi connectivity index (χ4v) is 4.41. The van der Waals surface area contributed by atoms with Gasteiger partial charge in [-0.05, 0) is 50.3 Å². The Morgan fingerprint density at radius 1 is 0.867 bits per heavy atom. The van der Waals surface area contributed by atoms with Gasteiger partial charge in [0, 0.05) is 27.3 Å². The molecule has 1 atom stereocenters. The van der Waals surface area contributed by atoms with Crippen molar-refractivity contribution in [3.63, 3.8) is 0 Å². The molecule has 0 saturated heterocycles. The molecule has 0 aliphatic heterocycles. The number of aryl methyl sites for hydroxylation is 1. The summed E-state index contributed by atoms with van der Waals surface area (Å²) in [7, 11) is 0. The summed E-state index contributed by atoms with van der Waals surface area (Å²) in [5.74, 6) is 0.528. The van der Waals surface area contributed by atoms with Crippen LogP contribution in [-0.4, -0.2) is 11.9 Å². The quantitative estimate of drug-likeness (QED) is 0.260. The van der Waals surface area contributed by atoms with E-state index in [-0.39, 0.29) is 11.4 Å². The van der Waals surface area contributed by atoms with Gasteiger partial charge in [-0.3, -0.25) is 4.79 Å². The molecule has 1 aliphatic carbocycles. The summed E-state index contributed by atoms with van der Waals surface area (Å²) in [6.07, 6.45) is 3.17. The Hall–Kier alpha value is -3.40. The molecule has 0 saturated carbocycles. The summed E-state index contributed by atoms with van der Waals surface area (Å²) in [6, 6.07) is 18.8. The number of hydrogen-bond donors (Lipinski definition) is 0. The van der Waals surface area contributed by atoms with Gasteiger partial charge in [-0.1, -0.05) is 48.5 Å². The van der Waals surface area contributed by atoms with Crippen molar-refractivity contribution < 1.29 is 13.9 Å². The van der Waals surface area contributed by atoms with Crippen molar-refractivity contribution in [2.75, 3.05) is 0 Å². The second kappa shape index (κ2) is 7.45. The van der Waals surface area contributed by atoms with Crippen LogP contribution < -0.4 is 10.4 Å². The van der Waals surface area contributed by atoms with E-state index in [0.29, 0.717) is 16.9 Å². The van der Waals surface area contributed by atoms with E-state index in [1.54, 1.807) is 19.1 Å². The van der Waals surface area contributed by atoms with Gasteiger partial charge in [0.2, 0.25) is 5.78 Å². The number of ketones is 1. The van der Waals surface area contributed by atoms with Gasteiger partial charge in [0.15, 0.2) is 6.10 Å². The molecule has 1 aromatic heterocycles. The van der Waals surface area contributed by atoms with Crippen LogP contribution in [0.15, 0.2) is 69.9 Å². The molecule has 0 amide bonds. The van der Waals surface area contributed by atoms with Gasteiger partial charge < -0.3 is 9.15 Å². The van der Waals surface area contributed by atoms with Gasteiger partial charge in [0.25, 0.3) is 0 Å². The predicted molar refractivity (Wildman–Crippen MR) is 117 cm³/mol. The first-order chi connectivity index (χ1) is 14.6. The zero-order valence-corrected chi connectivity index (χ0v) is 16.8. The predicted octanol–water partition coefficient (Wildman–Crippen LogP) is 5.48. The van der Waals surface area contributed by atoms with E-state index in [1.165, 1.54) is 0 Å². The lowest BCUT2D eigenvalue weighted by molar-refractivity contribution is 0.0820. The number of carbonyl (C=O) groups excluding carboxylic acids is 1. The Balaban J connectivity index is 1.59. The minimum absolute atomic E-state index is 0.0750. The molecule has 1 heterocycles. The van der Waals surface area contributed by atoms with E-state index in [4.69, 9.17) is 9.15 Å². The first-order valence-electron chi connectivity index (χ1n) is 10.4. The molecule has 4 nitrogen and oxygen atoms in total. The molecule has 4 aromatic rings. The third-order valence-electron chi connectivity index (χ3n) is 5.94. The van der Waals surface area contributed by atoms with Crippen molar-refractivity contribution in [1.82, 2.24) is 0 Å². The minimum Gasteiger partial charge on any atom is -0.482 e. The lowest BCUT2D eigenvalue weighted by atomic mass is 9.90. The highest BCUT2D eigenvalue weighted by atomic mass is 16.5. The second-order valence-corrected chi connectivity index (χ2v) is 7.84.